The maximum atomic E-state index is 9.33. The van der Waals surface area contributed by atoms with Crippen molar-refractivity contribution in [2.24, 2.45) is 0 Å². The first-order chi connectivity index (χ1) is 10.2. The van der Waals surface area contributed by atoms with E-state index < -0.39 is 0 Å². The molecule has 1 aromatic heterocycles. The molecular weight excluding hydrogens is 262 g/mol. The number of pyridine rings is 1. The lowest BCUT2D eigenvalue weighted by Gasteiger charge is -2.37. The number of nitrogens with zero attached hydrogens (tertiary/aromatic N) is 2. The van der Waals surface area contributed by atoms with Gasteiger partial charge >= 0.3 is 0 Å². The van der Waals surface area contributed by atoms with Crippen LogP contribution in [0.1, 0.15) is 31.4 Å². The van der Waals surface area contributed by atoms with Crippen LogP contribution >= 0.6 is 0 Å². The lowest BCUT2D eigenvalue weighted by Crippen LogP contribution is -2.40. The van der Waals surface area contributed by atoms with Crippen LogP contribution in [0.25, 0.3) is 10.8 Å². The van der Waals surface area contributed by atoms with Gasteiger partial charge in [-0.05, 0) is 44.7 Å². The number of hydrogen-bond donors (Lipinski definition) is 2. The lowest BCUT2D eigenvalue weighted by molar-refractivity contribution is 0.262. The van der Waals surface area contributed by atoms with Gasteiger partial charge in [-0.25, -0.2) is 4.98 Å². The number of nitrogens with two attached hydrogens (primary N) is 1. The number of aryl methyl sites for hydroxylation is 1. The molecule has 3 N–H and O–H groups in total. The van der Waals surface area contributed by atoms with Gasteiger partial charge in [0.2, 0.25) is 0 Å². The van der Waals surface area contributed by atoms with Gasteiger partial charge in [-0.3, -0.25) is 0 Å². The summed E-state index contributed by atoms with van der Waals surface area (Å²) >= 11 is 0. The van der Waals surface area contributed by atoms with Crippen molar-refractivity contribution in [3.63, 3.8) is 0 Å². The van der Waals surface area contributed by atoms with Crippen molar-refractivity contribution in [1.29, 1.82) is 0 Å². The van der Waals surface area contributed by atoms with Crippen LogP contribution < -0.4 is 10.6 Å². The molecule has 2 aromatic rings. The highest BCUT2D eigenvalue weighted by Crippen LogP contribution is 2.33. The van der Waals surface area contributed by atoms with Gasteiger partial charge < -0.3 is 15.7 Å². The maximum absolute atomic E-state index is 9.33. The second-order valence-electron chi connectivity index (χ2n) is 5.88. The molecule has 1 aliphatic heterocycles. The Bertz CT molecular complexity index is 639. The Morgan fingerprint density at radius 3 is 3.00 bits per heavy atom. The van der Waals surface area contributed by atoms with Crippen LogP contribution in [-0.2, 0) is 0 Å². The average molecular weight is 285 g/mol. The summed E-state index contributed by atoms with van der Waals surface area (Å²) in [5, 5.41) is 11.5. The molecule has 0 aliphatic carbocycles. The Balaban J connectivity index is 2.12. The van der Waals surface area contributed by atoms with E-state index in [9.17, 15) is 5.11 Å². The number of aliphatic hydroxyl groups is 1. The summed E-state index contributed by atoms with van der Waals surface area (Å²) in [6.45, 7) is 3.25. The molecule has 0 saturated carbocycles. The van der Waals surface area contributed by atoms with Crippen LogP contribution in [0, 0.1) is 6.92 Å². The number of hydrogen-bond acceptors (Lipinski definition) is 4. The predicted molar refractivity (Wildman–Crippen MR) is 87.6 cm³/mol. The summed E-state index contributed by atoms with van der Waals surface area (Å²) in [6.07, 6.45) is 4.34. The Morgan fingerprint density at radius 1 is 1.33 bits per heavy atom. The zero-order valence-electron chi connectivity index (χ0n) is 12.5. The van der Waals surface area contributed by atoms with E-state index in [1.165, 1.54) is 12.8 Å². The molecule has 0 radical (unpaired) electrons. The fourth-order valence-corrected chi connectivity index (χ4v) is 3.36. The first-order valence-corrected chi connectivity index (χ1v) is 7.74. The Hall–Kier alpha value is -1.81. The van der Waals surface area contributed by atoms with Crippen LogP contribution in [0.15, 0.2) is 24.3 Å². The van der Waals surface area contributed by atoms with Crippen LogP contribution in [0.3, 0.4) is 0 Å². The molecule has 1 aromatic carbocycles. The minimum absolute atomic E-state index is 0.229. The van der Waals surface area contributed by atoms with Crippen molar-refractivity contribution in [3.05, 3.63) is 30.0 Å². The van der Waals surface area contributed by atoms with Gasteiger partial charge in [-0.15, -0.1) is 0 Å². The lowest BCUT2D eigenvalue weighted by atomic mass is 9.98. The summed E-state index contributed by atoms with van der Waals surface area (Å²) < 4.78 is 0. The second kappa shape index (κ2) is 5.90. The van der Waals surface area contributed by atoms with Crippen LogP contribution in [-0.4, -0.2) is 29.3 Å². The van der Waals surface area contributed by atoms with Crippen molar-refractivity contribution in [2.75, 3.05) is 23.8 Å². The fourth-order valence-electron chi connectivity index (χ4n) is 3.36. The fraction of sp³-hybridized carbons (Fsp3) is 0.471. The minimum Gasteiger partial charge on any atom is -0.398 e. The van der Waals surface area contributed by atoms with E-state index in [0.29, 0.717) is 6.04 Å². The van der Waals surface area contributed by atoms with Crippen molar-refractivity contribution in [1.82, 2.24) is 4.98 Å². The van der Waals surface area contributed by atoms with E-state index in [2.05, 4.69) is 17.0 Å². The number of fused-ring (bicyclic) bond motifs is 1. The monoisotopic (exact) mass is 285 g/mol. The van der Waals surface area contributed by atoms with Crippen molar-refractivity contribution in [3.8, 4) is 0 Å². The van der Waals surface area contributed by atoms with Gasteiger partial charge in [0, 0.05) is 41.3 Å². The van der Waals surface area contributed by atoms with Gasteiger partial charge in [0.25, 0.3) is 0 Å². The molecule has 4 heteroatoms. The zero-order valence-corrected chi connectivity index (χ0v) is 12.5. The van der Waals surface area contributed by atoms with E-state index in [1.54, 1.807) is 0 Å². The van der Waals surface area contributed by atoms with Gasteiger partial charge in [0.05, 0.1) is 0 Å². The third-order valence-electron chi connectivity index (χ3n) is 4.38. The van der Waals surface area contributed by atoms with Gasteiger partial charge in [-0.2, -0.15) is 0 Å². The summed E-state index contributed by atoms with van der Waals surface area (Å²) in [4.78, 5) is 7.16. The number of anilines is 2. The molecule has 21 heavy (non-hydrogen) atoms. The topological polar surface area (TPSA) is 62.4 Å². The van der Waals surface area contributed by atoms with Crippen LogP contribution in [0.2, 0.25) is 0 Å². The van der Waals surface area contributed by atoms with Crippen molar-refractivity contribution >= 4 is 22.3 Å². The number of nitrogen functional groups attached to an aromatic ring is 1. The van der Waals surface area contributed by atoms with Crippen LogP contribution in [0.5, 0.6) is 0 Å². The van der Waals surface area contributed by atoms with E-state index >= 15 is 0 Å². The molecule has 1 saturated heterocycles. The highest BCUT2D eigenvalue weighted by atomic mass is 16.3. The third kappa shape index (κ3) is 2.68. The molecular formula is C17H23N3O. The molecule has 1 unspecified atom stereocenters. The number of aliphatic hydroxyl groups excluding tert-OH is 1. The second-order valence-corrected chi connectivity index (χ2v) is 5.88. The molecule has 1 aliphatic rings. The largest absolute Gasteiger partial charge is 0.398 e. The Kier molecular flexibility index (Phi) is 3.97. The highest BCUT2D eigenvalue weighted by molar-refractivity contribution is 5.99. The third-order valence-corrected chi connectivity index (χ3v) is 4.38. The first kappa shape index (κ1) is 14.1. The summed E-state index contributed by atoms with van der Waals surface area (Å²) in [7, 11) is 0. The molecule has 1 atom stereocenters. The molecule has 0 spiro atoms. The SMILES string of the molecule is Cc1cc2c(N)cccc2c(N2CCCCC2CCO)n1. The van der Waals surface area contributed by atoms with Crippen molar-refractivity contribution in [2.45, 2.75) is 38.6 Å². The molecule has 0 amide bonds. The number of rotatable bonds is 3. The van der Waals surface area contributed by atoms with Gasteiger partial charge in [0.1, 0.15) is 5.82 Å². The Morgan fingerprint density at radius 2 is 2.19 bits per heavy atom. The van der Waals surface area contributed by atoms with E-state index in [1.807, 2.05) is 19.1 Å². The van der Waals surface area contributed by atoms with Gasteiger partial charge in [-0.1, -0.05) is 12.1 Å². The molecule has 0 bridgehead atoms. The maximum Gasteiger partial charge on any atom is 0.137 e. The standard InChI is InChI=1S/C17H23N3O/c1-12-11-15-14(6-4-7-16(15)18)17(19-12)20-9-3-2-5-13(20)8-10-21/h4,6-7,11,13,21H,2-3,5,8-10,18H2,1H3. The minimum atomic E-state index is 0.229. The molecule has 3 rings (SSSR count). The summed E-state index contributed by atoms with van der Waals surface area (Å²) in [5.41, 5.74) is 7.92. The normalized spacial score (nSPS) is 19.1. The molecule has 112 valence electrons. The van der Waals surface area contributed by atoms with Crippen molar-refractivity contribution < 1.29 is 5.11 Å². The smallest absolute Gasteiger partial charge is 0.137 e. The van der Waals surface area contributed by atoms with E-state index in [4.69, 9.17) is 10.7 Å². The summed E-state index contributed by atoms with van der Waals surface area (Å²) in [5.74, 6) is 1.02. The van der Waals surface area contributed by atoms with Gasteiger partial charge in [0.15, 0.2) is 0 Å². The number of benzene rings is 1. The highest BCUT2D eigenvalue weighted by Gasteiger charge is 2.25. The number of aromatic nitrogens is 1. The average Bonchev–Trinajstić information content (AvgIpc) is 2.49. The first-order valence-electron chi connectivity index (χ1n) is 7.74. The zero-order chi connectivity index (χ0) is 14.8. The number of piperidine rings is 1. The molecule has 2 heterocycles. The van der Waals surface area contributed by atoms with Crippen LogP contribution in [0.4, 0.5) is 11.5 Å². The molecule has 4 nitrogen and oxygen atoms in total. The summed E-state index contributed by atoms with van der Waals surface area (Å²) in [6, 6.07) is 8.45. The Labute approximate surface area is 125 Å². The van der Waals surface area contributed by atoms with E-state index in [-0.39, 0.29) is 6.61 Å². The quantitative estimate of drug-likeness (QED) is 0.851. The predicted octanol–water partition coefficient (Wildman–Crippen LogP) is 2.87. The molecule has 1 fully saturated rings. The van der Waals surface area contributed by atoms with E-state index in [0.717, 1.165) is 47.4 Å².